The Morgan fingerprint density at radius 3 is 1.86 bits per heavy atom. The largest absolute Gasteiger partial charge is 0.405 e. The van der Waals surface area contributed by atoms with Crippen molar-refractivity contribution in [1.29, 1.82) is 0 Å². The number of nitrogens with zero attached hydrogens (tertiary/aromatic N) is 1. The van der Waals surface area contributed by atoms with E-state index in [-0.39, 0.29) is 17.2 Å². The normalized spacial score (nSPS) is 20.4. The van der Waals surface area contributed by atoms with Crippen LogP contribution in [0, 0.1) is 0 Å². The molecular weight excluding hydrogens is 450 g/mol. The molecule has 3 aromatic carbocycles. The van der Waals surface area contributed by atoms with Gasteiger partial charge in [0, 0.05) is 6.21 Å². The molecule has 0 bridgehead atoms. The van der Waals surface area contributed by atoms with Gasteiger partial charge in [0.15, 0.2) is 5.79 Å². The highest BCUT2D eigenvalue weighted by atomic mass is 28.4. The van der Waals surface area contributed by atoms with E-state index < -0.39 is 14.1 Å². The zero-order chi connectivity index (χ0) is 24.9. The molecule has 1 aliphatic heterocycles. The van der Waals surface area contributed by atoms with Crippen molar-refractivity contribution in [3.63, 3.8) is 0 Å². The van der Waals surface area contributed by atoms with Crippen LogP contribution in [0.4, 0.5) is 0 Å². The van der Waals surface area contributed by atoms with Gasteiger partial charge in [0.2, 0.25) is 0 Å². The summed E-state index contributed by atoms with van der Waals surface area (Å²) in [5, 5.41) is 2.42. The van der Waals surface area contributed by atoms with Crippen LogP contribution in [0.15, 0.2) is 96.0 Å². The monoisotopic (exact) mass is 487 g/mol. The van der Waals surface area contributed by atoms with E-state index in [0.717, 1.165) is 0 Å². The summed E-state index contributed by atoms with van der Waals surface area (Å²) in [7, 11) is -2.66. The summed E-state index contributed by atoms with van der Waals surface area (Å²) in [5.41, 5.74) is 1.17. The fourth-order valence-electron chi connectivity index (χ4n) is 4.93. The zero-order valence-electron chi connectivity index (χ0n) is 21.5. The van der Waals surface area contributed by atoms with Crippen molar-refractivity contribution in [3.05, 3.63) is 96.6 Å². The van der Waals surface area contributed by atoms with Crippen molar-refractivity contribution >= 4 is 24.9 Å². The molecule has 0 aliphatic carbocycles. The van der Waals surface area contributed by atoms with E-state index in [9.17, 15) is 0 Å². The van der Waals surface area contributed by atoms with Gasteiger partial charge in [0.25, 0.3) is 8.32 Å². The molecule has 35 heavy (non-hydrogen) atoms. The Morgan fingerprint density at radius 2 is 1.34 bits per heavy atom. The topological polar surface area (TPSA) is 40.0 Å². The van der Waals surface area contributed by atoms with Gasteiger partial charge in [-0.2, -0.15) is 0 Å². The quantitative estimate of drug-likeness (QED) is 0.317. The summed E-state index contributed by atoms with van der Waals surface area (Å²) in [5.74, 6) is -0.692. The van der Waals surface area contributed by atoms with Crippen LogP contribution >= 0.6 is 0 Å². The maximum absolute atomic E-state index is 7.11. The van der Waals surface area contributed by atoms with Crippen molar-refractivity contribution in [2.75, 3.05) is 6.61 Å². The molecule has 4 nitrogen and oxygen atoms in total. The van der Waals surface area contributed by atoms with Crippen LogP contribution in [0.1, 0.15) is 40.2 Å². The summed E-state index contributed by atoms with van der Waals surface area (Å²) >= 11 is 0. The van der Waals surface area contributed by atoms with Gasteiger partial charge in [0.1, 0.15) is 12.2 Å². The summed E-state index contributed by atoms with van der Waals surface area (Å²) < 4.78 is 19.7. The first-order valence-corrected chi connectivity index (χ1v) is 14.3. The van der Waals surface area contributed by atoms with E-state index in [1.165, 1.54) is 15.9 Å². The third-order valence-electron chi connectivity index (χ3n) is 6.47. The van der Waals surface area contributed by atoms with Crippen LogP contribution in [0.5, 0.6) is 0 Å². The van der Waals surface area contributed by atoms with Crippen LogP contribution in [-0.2, 0) is 20.4 Å². The molecule has 4 rings (SSSR count). The molecule has 1 fully saturated rings. The molecule has 0 N–H and O–H groups in total. The number of aliphatic imine (C=N–C) groups is 1. The lowest BCUT2D eigenvalue weighted by molar-refractivity contribution is -0.144. The van der Waals surface area contributed by atoms with Gasteiger partial charge in [0.05, 0.1) is 13.2 Å². The lowest BCUT2D eigenvalue weighted by Crippen LogP contribution is -2.67. The Bertz CT molecular complexity index is 1060. The van der Waals surface area contributed by atoms with Gasteiger partial charge < -0.3 is 13.9 Å². The molecule has 3 aromatic rings. The fraction of sp³-hybridized carbons (Fsp3) is 0.367. The minimum absolute atomic E-state index is 0.0957. The molecule has 1 aliphatic rings. The van der Waals surface area contributed by atoms with Gasteiger partial charge in [-0.3, -0.25) is 4.99 Å². The molecule has 0 saturated carbocycles. The first-order valence-electron chi connectivity index (χ1n) is 12.4. The molecule has 0 aromatic heterocycles. The first kappa shape index (κ1) is 25.5. The molecule has 2 atom stereocenters. The second kappa shape index (κ2) is 10.6. The van der Waals surface area contributed by atoms with Crippen LogP contribution in [0.2, 0.25) is 5.04 Å². The standard InChI is InChI=1S/C30H37NO3Si/c1-29(2,3)35(25-17-11-7-12-18-25,26-19-13-8-14-20-26)32-23-28-27(33-30(4,5)34-28)22-31-21-24-15-9-6-10-16-24/h6-20,22,27-28H,21,23H2,1-5H3/t27-,28-/m0/s1. The van der Waals surface area contributed by atoms with Crippen LogP contribution in [-0.4, -0.2) is 39.1 Å². The summed E-state index contributed by atoms with van der Waals surface area (Å²) in [4.78, 5) is 4.67. The predicted octanol–water partition coefficient (Wildman–Crippen LogP) is 5.35. The molecule has 0 unspecified atom stereocenters. The van der Waals surface area contributed by atoms with E-state index >= 15 is 0 Å². The minimum atomic E-state index is -2.66. The third-order valence-corrected chi connectivity index (χ3v) is 11.5. The first-order chi connectivity index (χ1) is 16.7. The lowest BCUT2D eigenvalue weighted by atomic mass is 10.2. The number of ether oxygens (including phenoxy) is 2. The maximum Gasteiger partial charge on any atom is 0.261 e. The van der Waals surface area contributed by atoms with Crippen molar-refractivity contribution in [1.82, 2.24) is 0 Å². The molecule has 5 heteroatoms. The second-order valence-electron chi connectivity index (χ2n) is 10.6. The molecule has 1 heterocycles. The summed E-state index contributed by atoms with van der Waals surface area (Å²) in [6.07, 6.45) is 1.37. The Balaban J connectivity index is 1.62. The van der Waals surface area contributed by atoms with Gasteiger partial charge in [-0.15, -0.1) is 0 Å². The molecular formula is C30H37NO3Si. The highest BCUT2D eigenvalue weighted by molar-refractivity contribution is 6.99. The maximum atomic E-state index is 7.11. The SMILES string of the molecule is CC1(C)O[C@@H](C=NCc2ccccc2)[C@H](CO[Si](c2ccccc2)(c2ccccc2)C(C)(C)C)O1. The third kappa shape index (κ3) is 5.81. The van der Waals surface area contributed by atoms with Crippen molar-refractivity contribution in [2.24, 2.45) is 4.99 Å². The highest BCUT2D eigenvalue weighted by Gasteiger charge is 2.51. The Labute approximate surface area is 211 Å². The van der Waals surface area contributed by atoms with Gasteiger partial charge >= 0.3 is 0 Å². The average molecular weight is 488 g/mol. The minimum Gasteiger partial charge on any atom is -0.405 e. The molecule has 0 amide bonds. The van der Waals surface area contributed by atoms with Crippen molar-refractivity contribution in [2.45, 2.75) is 64.2 Å². The number of rotatable bonds is 8. The van der Waals surface area contributed by atoms with Crippen LogP contribution in [0.25, 0.3) is 0 Å². The Kier molecular flexibility index (Phi) is 7.72. The Morgan fingerprint density at radius 1 is 0.829 bits per heavy atom. The summed E-state index contributed by atoms with van der Waals surface area (Å²) in [6.45, 7) is 11.8. The average Bonchev–Trinajstić information content (AvgIpc) is 3.14. The number of hydrogen-bond donors (Lipinski definition) is 0. The van der Waals surface area contributed by atoms with Gasteiger partial charge in [-0.05, 0) is 34.8 Å². The van der Waals surface area contributed by atoms with E-state index in [4.69, 9.17) is 13.9 Å². The van der Waals surface area contributed by atoms with Crippen LogP contribution in [0.3, 0.4) is 0 Å². The number of hydrogen-bond acceptors (Lipinski definition) is 4. The number of benzene rings is 3. The molecule has 0 spiro atoms. The van der Waals surface area contributed by atoms with E-state index in [0.29, 0.717) is 13.2 Å². The van der Waals surface area contributed by atoms with E-state index in [2.05, 4.69) is 98.6 Å². The molecule has 0 radical (unpaired) electrons. The van der Waals surface area contributed by atoms with Gasteiger partial charge in [-0.25, -0.2) is 0 Å². The van der Waals surface area contributed by atoms with Crippen molar-refractivity contribution < 1.29 is 13.9 Å². The smallest absolute Gasteiger partial charge is 0.261 e. The lowest BCUT2D eigenvalue weighted by Gasteiger charge is -2.43. The highest BCUT2D eigenvalue weighted by Crippen LogP contribution is 2.38. The fourth-order valence-corrected chi connectivity index (χ4v) is 9.50. The predicted molar refractivity (Wildman–Crippen MR) is 146 cm³/mol. The summed E-state index contributed by atoms with van der Waals surface area (Å²) in [6, 6.07) is 31.6. The van der Waals surface area contributed by atoms with E-state index in [1.54, 1.807) is 0 Å². The zero-order valence-corrected chi connectivity index (χ0v) is 22.5. The second-order valence-corrected chi connectivity index (χ2v) is 14.9. The van der Waals surface area contributed by atoms with Crippen LogP contribution < -0.4 is 10.4 Å². The molecule has 1 saturated heterocycles. The van der Waals surface area contributed by atoms with Gasteiger partial charge in [-0.1, -0.05) is 112 Å². The van der Waals surface area contributed by atoms with Crippen molar-refractivity contribution in [3.8, 4) is 0 Å². The van der Waals surface area contributed by atoms with E-state index in [1.807, 2.05) is 38.3 Å². The Hall–Kier alpha value is -2.57. The molecule has 184 valence electrons.